The molecule has 158 valence electrons. The van der Waals surface area contributed by atoms with Crippen molar-refractivity contribution in [1.82, 2.24) is 20.1 Å². The molecule has 0 spiro atoms. The highest BCUT2D eigenvalue weighted by Gasteiger charge is 2.22. The summed E-state index contributed by atoms with van der Waals surface area (Å²) in [7, 11) is 1.73. The predicted octanol–water partition coefficient (Wildman–Crippen LogP) is 2.75. The number of aromatic nitrogens is 1. The lowest BCUT2D eigenvalue weighted by Crippen LogP contribution is -2.47. The van der Waals surface area contributed by atoms with Gasteiger partial charge in [0, 0.05) is 45.6 Å². The van der Waals surface area contributed by atoms with Gasteiger partial charge in [-0.25, -0.2) is 0 Å². The molecular formula is C22H32IN5O. The van der Waals surface area contributed by atoms with Gasteiger partial charge in [0.1, 0.15) is 0 Å². The number of piperidine rings is 1. The molecule has 1 saturated heterocycles. The molecule has 29 heavy (non-hydrogen) atoms. The summed E-state index contributed by atoms with van der Waals surface area (Å²) < 4.78 is 2.10. The predicted molar refractivity (Wildman–Crippen MR) is 129 cm³/mol. The molecule has 7 heteroatoms. The molecule has 0 radical (unpaired) electrons. The molecule has 1 aliphatic heterocycles. The maximum atomic E-state index is 12.5. The summed E-state index contributed by atoms with van der Waals surface area (Å²) in [6, 6.07) is 14.6. The average Bonchev–Trinajstić information content (AvgIpc) is 3.25. The second kappa shape index (κ2) is 12.5. The topological polar surface area (TPSA) is 61.7 Å². The first kappa shape index (κ1) is 23.3. The van der Waals surface area contributed by atoms with Crippen LogP contribution in [0.25, 0.3) is 0 Å². The number of benzene rings is 1. The number of likely N-dealkylation sites (tertiary alicyclic amines) is 1. The van der Waals surface area contributed by atoms with Crippen LogP contribution >= 0.6 is 24.0 Å². The van der Waals surface area contributed by atoms with E-state index in [0.717, 1.165) is 45.4 Å². The summed E-state index contributed by atoms with van der Waals surface area (Å²) in [5.41, 5.74) is 1.39. The highest BCUT2D eigenvalue weighted by Crippen LogP contribution is 2.21. The molecule has 1 amide bonds. The van der Waals surface area contributed by atoms with E-state index in [2.05, 4.69) is 50.5 Å². The van der Waals surface area contributed by atoms with E-state index in [1.807, 2.05) is 29.4 Å². The zero-order valence-electron chi connectivity index (χ0n) is 17.1. The van der Waals surface area contributed by atoms with E-state index in [4.69, 9.17) is 0 Å². The largest absolute Gasteiger partial charge is 0.355 e. The van der Waals surface area contributed by atoms with Gasteiger partial charge >= 0.3 is 0 Å². The van der Waals surface area contributed by atoms with Gasteiger partial charge in [0.2, 0.25) is 5.91 Å². The van der Waals surface area contributed by atoms with Crippen LogP contribution in [-0.4, -0.2) is 54.6 Å². The standard InChI is InChI=1S/C22H31N5O.HI/c1-23-22(24-11-16-26-12-5-6-13-26)25-18-21(28)27-14-9-20(10-15-27)17-19-7-3-2-4-8-19;/h2-8,12-13,20H,9-11,14-18H2,1H3,(H2,23,24,25);1H. The molecule has 1 fully saturated rings. The number of nitrogens with zero attached hydrogens (tertiary/aromatic N) is 3. The van der Waals surface area contributed by atoms with Gasteiger partial charge in [0.15, 0.2) is 5.96 Å². The van der Waals surface area contributed by atoms with Crippen LogP contribution in [-0.2, 0) is 17.8 Å². The van der Waals surface area contributed by atoms with Gasteiger partial charge in [-0.2, -0.15) is 0 Å². The van der Waals surface area contributed by atoms with Crippen LogP contribution < -0.4 is 10.6 Å². The second-order valence-corrected chi connectivity index (χ2v) is 7.29. The third-order valence-corrected chi connectivity index (χ3v) is 5.29. The summed E-state index contributed by atoms with van der Waals surface area (Å²) in [5, 5.41) is 6.38. The maximum absolute atomic E-state index is 12.5. The van der Waals surface area contributed by atoms with Crippen molar-refractivity contribution < 1.29 is 4.79 Å². The van der Waals surface area contributed by atoms with Crippen LogP contribution in [0, 0.1) is 5.92 Å². The first-order chi connectivity index (χ1) is 13.7. The van der Waals surface area contributed by atoms with E-state index in [9.17, 15) is 4.79 Å². The highest BCUT2D eigenvalue weighted by molar-refractivity contribution is 14.0. The molecule has 1 aliphatic rings. The maximum Gasteiger partial charge on any atom is 0.241 e. The van der Waals surface area contributed by atoms with Crippen molar-refractivity contribution in [2.45, 2.75) is 25.8 Å². The van der Waals surface area contributed by atoms with Crippen LogP contribution in [0.2, 0.25) is 0 Å². The van der Waals surface area contributed by atoms with E-state index in [1.165, 1.54) is 5.56 Å². The van der Waals surface area contributed by atoms with Gasteiger partial charge in [-0.15, -0.1) is 24.0 Å². The summed E-state index contributed by atoms with van der Waals surface area (Å²) in [4.78, 5) is 18.7. The van der Waals surface area contributed by atoms with Gasteiger partial charge in [0.05, 0.1) is 6.54 Å². The van der Waals surface area contributed by atoms with E-state index >= 15 is 0 Å². The fourth-order valence-electron chi connectivity index (χ4n) is 3.65. The van der Waals surface area contributed by atoms with Crippen molar-refractivity contribution in [1.29, 1.82) is 0 Å². The Morgan fingerprint density at radius 3 is 2.41 bits per heavy atom. The van der Waals surface area contributed by atoms with E-state index in [0.29, 0.717) is 11.9 Å². The second-order valence-electron chi connectivity index (χ2n) is 7.29. The Hall–Kier alpha value is -2.03. The lowest BCUT2D eigenvalue weighted by molar-refractivity contribution is -0.131. The Kier molecular flexibility index (Phi) is 10.0. The highest BCUT2D eigenvalue weighted by atomic mass is 127. The zero-order valence-corrected chi connectivity index (χ0v) is 19.4. The number of hydrogen-bond acceptors (Lipinski definition) is 2. The number of amides is 1. The van der Waals surface area contributed by atoms with Crippen molar-refractivity contribution in [3.8, 4) is 0 Å². The number of aliphatic imine (C=N–C) groups is 1. The first-order valence-electron chi connectivity index (χ1n) is 10.1. The molecule has 0 saturated carbocycles. The fraction of sp³-hybridized carbons (Fsp3) is 0.455. The van der Waals surface area contributed by atoms with Crippen molar-refractivity contribution in [3.05, 3.63) is 60.4 Å². The number of halogens is 1. The molecular weight excluding hydrogens is 477 g/mol. The van der Waals surface area contributed by atoms with Crippen molar-refractivity contribution in [2.75, 3.05) is 33.2 Å². The summed E-state index contributed by atoms with van der Waals surface area (Å²) in [6.07, 6.45) is 7.32. The van der Waals surface area contributed by atoms with Crippen LogP contribution in [0.5, 0.6) is 0 Å². The summed E-state index contributed by atoms with van der Waals surface area (Å²) in [6.45, 7) is 3.59. The van der Waals surface area contributed by atoms with E-state index in [1.54, 1.807) is 7.05 Å². The molecule has 0 unspecified atom stereocenters. The average molecular weight is 509 g/mol. The van der Waals surface area contributed by atoms with Gasteiger partial charge < -0.3 is 20.1 Å². The van der Waals surface area contributed by atoms with Gasteiger partial charge in [-0.05, 0) is 42.9 Å². The third kappa shape index (κ3) is 7.72. The molecule has 1 aromatic heterocycles. The Morgan fingerprint density at radius 2 is 1.76 bits per heavy atom. The molecule has 0 bridgehead atoms. The first-order valence-corrected chi connectivity index (χ1v) is 10.1. The fourth-order valence-corrected chi connectivity index (χ4v) is 3.65. The van der Waals surface area contributed by atoms with Crippen LogP contribution in [0.15, 0.2) is 59.9 Å². The van der Waals surface area contributed by atoms with E-state index < -0.39 is 0 Å². The Morgan fingerprint density at radius 1 is 1.07 bits per heavy atom. The Labute approximate surface area is 190 Å². The van der Waals surface area contributed by atoms with Gasteiger partial charge in [-0.3, -0.25) is 9.79 Å². The lowest BCUT2D eigenvalue weighted by Gasteiger charge is -2.32. The molecule has 3 rings (SSSR count). The Balaban J connectivity index is 0.00000300. The number of carbonyl (C=O) groups excluding carboxylic acids is 1. The number of rotatable bonds is 7. The minimum absolute atomic E-state index is 0. The number of hydrogen-bond donors (Lipinski definition) is 2. The molecule has 2 N–H and O–H groups in total. The molecule has 1 aromatic carbocycles. The third-order valence-electron chi connectivity index (χ3n) is 5.29. The van der Waals surface area contributed by atoms with Crippen LogP contribution in [0.3, 0.4) is 0 Å². The van der Waals surface area contributed by atoms with Gasteiger partial charge in [-0.1, -0.05) is 30.3 Å². The molecule has 2 heterocycles. The SMILES string of the molecule is CN=C(NCCn1cccc1)NCC(=O)N1CCC(Cc2ccccc2)CC1.I. The molecule has 2 aromatic rings. The zero-order chi connectivity index (χ0) is 19.6. The van der Waals surface area contributed by atoms with Crippen molar-refractivity contribution in [3.63, 3.8) is 0 Å². The van der Waals surface area contributed by atoms with E-state index in [-0.39, 0.29) is 36.4 Å². The van der Waals surface area contributed by atoms with Crippen molar-refractivity contribution >= 4 is 35.8 Å². The molecule has 0 atom stereocenters. The number of nitrogens with one attached hydrogen (secondary N) is 2. The minimum Gasteiger partial charge on any atom is -0.355 e. The minimum atomic E-state index is 0. The molecule has 0 aliphatic carbocycles. The van der Waals surface area contributed by atoms with Crippen LogP contribution in [0.1, 0.15) is 18.4 Å². The van der Waals surface area contributed by atoms with Crippen LogP contribution in [0.4, 0.5) is 0 Å². The number of guanidine groups is 1. The quantitative estimate of drug-likeness (QED) is 0.343. The molecule has 6 nitrogen and oxygen atoms in total. The summed E-state index contributed by atoms with van der Waals surface area (Å²) in [5.74, 6) is 1.48. The van der Waals surface area contributed by atoms with Gasteiger partial charge in [0.25, 0.3) is 0 Å². The number of carbonyl (C=O) groups is 1. The summed E-state index contributed by atoms with van der Waals surface area (Å²) >= 11 is 0. The van der Waals surface area contributed by atoms with Crippen molar-refractivity contribution in [2.24, 2.45) is 10.9 Å². The normalized spacial score (nSPS) is 14.9. The lowest BCUT2D eigenvalue weighted by atomic mass is 9.90. The monoisotopic (exact) mass is 509 g/mol. The Bertz CT molecular complexity index is 740. The smallest absolute Gasteiger partial charge is 0.241 e.